The molecule has 0 atom stereocenters. The van der Waals surface area contributed by atoms with Crippen LogP contribution in [0.2, 0.25) is 0 Å². The van der Waals surface area contributed by atoms with Gasteiger partial charge in [-0.15, -0.1) is 0 Å². The molecule has 30 heavy (non-hydrogen) atoms. The van der Waals surface area contributed by atoms with Crippen LogP contribution in [0.3, 0.4) is 0 Å². The Morgan fingerprint density at radius 1 is 0.400 bits per heavy atom. The molecule has 0 aliphatic heterocycles. The Labute approximate surface area is 168 Å². The summed E-state index contributed by atoms with van der Waals surface area (Å²) in [4.78, 5) is 26.4. The minimum Gasteiger partial charge on any atom is -0.289 e. The van der Waals surface area contributed by atoms with E-state index in [1.54, 1.807) is 6.07 Å². The van der Waals surface area contributed by atoms with E-state index in [1.807, 2.05) is 42.5 Å². The monoisotopic (exact) mass is 380 g/mol. The Hall–Kier alpha value is -4.04. The second-order valence-corrected chi connectivity index (χ2v) is 8.35. The average molecular weight is 380 g/mol. The molecular weight excluding hydrogens is 368 g/mol. The molecule has 0 fully saturated rings. The lowest BCUT2D eigenvalue weighted by molar-refractivity contribution is 1.71. The van der Waals surface area contributed by atoms with Crippen LogP contribution < -0.4 is 10.9 Å². The zero-order valence-corrected chi connectivity index (χ0v) is 15.7. The van der Waals surface area contributed by atoms with Crippen LogP contribution in [-0.2, 0) is 0 Å². The van der Waals surface area contributed by atoms with Gasteiger partial charge in [0.1, 0.15) is 0 Å². The minimum absolute atomic E-state index is 0.0449. The Kier molecular flexibility index (Phi) is 2.27. The van der Waals surface area contributed by atoms with Crippen molar-refractivity contribution in [2.75, 3.05) is 0 Å². The first kappa shape index (κ1) is 14.9. The highest BCUT2D eigenvalue weighted by Crippen LogP contribution is 2.49. The third-order valence-electron chi connectivity index (χ3n) is 7.05. The third-order valence-corrected chi connectivity index (χ3v) is 7.05. The zero-order chi connectivity index (χ0) is 19.7. The maximum absolute atomic E-state index is 13.5. The lowest BCUT2D eigenvalue weighted by Crippen LogP contribution is -2.07. The van der Waals surface area contributed by atoms with Gasteiger partial charge in [-0.3, -0.25) is 9.59 Å². The summed E-state index contributed by atoms with van der Waals surface area (Å²) in [5.41, 5.74) is 0.127. The van der Waals surface area contributed by atoms with E-state index in [2.05, 4.69) is 24.3 Å². The normalized spacial score (nSPS) is 12.9. The van der Waals surface area contributed by atoms with Crippen molar-refractivity contribution >= 4 is 75.4 Å². The molecule has 0 spiro atoms. The van der Waals surface area contributed by atoms with Gasteiger partial charge in [0.15, 0.2) is 10.9 Å². The highest BCUT2D eigenvalue weighted by Gasteiger charge is 2.24. The molecule has 0 amide bonds. The van der Waals surface area contributed by atoms with Crippen LogP contribution >= 0.6 is 0 Å². The van der Waals surface area contributed by atoms with Crippen LogP contribution in [0.1, 0.15) is 0 Å². The number of fused-ring (bicyclic) bond motifs is 2. The fourth-order valence-corrected chi connectivity index (χ4v) is 5.95. The summed E-state index contributed by atoms with van der Waals surface area (Å²) in [5.74, 6) is 0. The average Bonchev–Trinajstić information content (AvgIpc) is 2.79. The first-order chi connectivity index (χ1) is 14.7. The molecule has 136 valence electrons. The van der Waals surface area contributed by atoms with Crippen molar-refractivity contribution in [2.24, 2.45) is 0 Å². The second kappa shape index (κ2) is 4.58. The van der Waals surface area contributed by atoms with Crippen molar-refractivity contribution in [2.45, 2.75) is 0 Å². The van der Waals surface area contributed by atoms with Gasteiger partial charge in [0.2, 0.25) is 0 Å². The second-order valence-electron chi connectivity index (χ2n) is 8.35. The van der Waals surface area contributed by atoms with Gasteiger partial charge < -0.3 is 0 Å². The van der Waals surface area contributed by atoms with Gasteiger partial charge in [0.05, 0.1) is 0 Å². The maximum Gasteiger partial charge on any atom is 0.194 e. The van der Waals surface area contributed by atoms with E-state index >= 15 is 0 Å². The van der Waals surface area contributed by atoms with E-state index in [-0.39, 0.29) is 10.9 Å². The van der Waals surface area contributed by atoms with Gasteiger partial charge in [0, 0.05) is 43.1 Å². The molecule has 0 bridgehead atoms. The fourth-order valence-electron chi connectivity index (χ4n) is 5.95. The van der Waals surface area contributed by atoms with E-state index in [0.29, 0.717) is 0 Å². The number of benzene rings is 8. The molecule has 0 radical (unpaired) electrons. The Morgan fingerprint density at radius 3 is 1.60 bits per heavy atom. The quantitative estimate of drug-likeness (QED) is 0.231. The molecule has 0 N–H and O–H groups in total. The minimum atomic E-state index is 0.0449. The van der Waals surface area contributed by atoms with E-state index in [9.17, 15) is 9.59 Å². The molecule has 2 nitrogen and oxygen atoms in total. The fraction of sp³-hybridized carbons (Fsp3) is 0. The summed E-state index contributed by atoms with van der Waals surface area (Å²) < 4.78 is 0. The van der Waals surface area contributed by atoms with Gasteiger partial charge in [-0.05, 0) is 50.5 Å². The molecule has 0 heterocycles. The predicted octanol–water partition coefficient (Wildman–Crippen LogP) is 6.23. The first-order valence-electron chi connectivity index (χ1n) is 10.1. The van der Waals surface area contributed by atoms with Crippen LogP contribution in [0.25, 0.3) is 75.4 Å². The molecule has 0 saturated heterocycles. The van der Waals surface area contributed by atoms with Crippen molar-refractivity contribution < 1.29 is 0 Å². The van der Waals surface area contributed by atoms with Gasteiger partial charge in [-0.1, -0.05) is 54.6 Å². The molecule has 0 unspecified atom stereocenters. The summed E-state index contributed by atoms with van der Waals surface area (Å²) in [5, 5.41) is 14.2. The van der Waals surface area contributed by atoms with Crippen LogP contribution in [0.15, 0.2) is 82.4 Å². The largest absolute Gasteiger partial charge is 0.289 e. The Bertz CT molecular complexity index is 2030. The molecular formula is C28H12O2. The number of hydrogen-bond acceptors (Lipinski definition) is 2. The summed E-state index contributed by atoms with van der Waals surface area (Å²) in [7, 11) is 0. The molecule has 0 aromatic heterocycles. The Balaban J connectivity index is 2.01. The summed E-state index contributed by atoms with van der Waals surface area (Å²) in [6, 6.07) is 23.9. The van der Waals surface area contributed by atoms with Gasteiger partial charge in [-0.2, -0.15) is 0 Å². The van der Waals surface area contributed by atoms with Crippen LogP contribution in [-0.4, -0.2) is 0 Å². The maximum atomic E-state index is 13.5. The summed E-state index contributed by atoms with van der Waals surface area (Å²) in [6.45, 7) is 0. The van der Waals surface area contributed by atoms with E-state index in [0.717, 1.165) is 70.0 Å². The smallest absolute Gasteiger partial charge is 0.194 e. The highest BCUT2D eigenvalue weighted by atomic mass is 16.1. The van der Waals surface area contributed by atoms with Crippen LogP contribution in [0, 0.1) is 0 Å². The lowest BCUT2D eigenvalue weighted by Gasteiger charge is -2.21. The number of hydrogen-bond donors (Lipinski definition) is 0. The SMILES string of the molecule is O=c1ccc2c3cccc4c(=O)c5cccc6c7cccc8cc1c2c(c87)c(c56)c43. The van der Waals surface area contributed by atoms with Gasteiger partial charge >= 0.3 is 0 Å². The van der Waals surface area contributed by atoms with Crippen molar-refractivity contribution in [1.29, 1.82) is 0 Å². The summed E-state index contributed by atoms with van der Waals surface area (Å²) >= 11 is 0. The van der Waals surface area contributed by atoms with Gasteiger partial charge in [-0.25, -0.2) is 0 Å². The van der Waals surface area contributed by atoms with E-state index < -0.39 is 0 Å². The van der Waals surface area contributed by atoms with Crippen molar-refractivity contribution in [3.05, 3.63) is 93.2 Å². The lowest BCUT2D eigenvalue weighted by atomic mass is 9.80. The molecule has 2 heteroatoms. The third kappa shape index (κ3) is 1.40. The van der Waals surface area contributed by atoms with Gasteiger partial charge in [0.25, 0.3) is 0 Å². The topological polar surface area (TPSA) is 34.1 Å². The zero-order valence-electron chi connectivity index (χ0n) is 15.7. The highest BCUT2D eigenvalue weighted by molar-refractivity contribution is 6.48. The number of rotatable bonds is 0. The first-order valence-corrected chi connectivity index (χ1v) is 10.1. The molecule has 8 aromatic carbocycles. The van der Waals surface area contributed by atoms with Crippen molar-refractivity contribution in [3.63, 3.8) is 0 Å². The van der Waals surface area contributed by atoms with Crippen molar-refractivity contribution in [3.8, 4) is 0 Å². The molecule has 8 rings (SSSR count). The molecule has 0 aliphatic carbocycles. The summed E-state index contributed by atoms with van der Waals surface area (Å²) in [6.07, 6.45) is 0. The standard InChI is InChI=1S/C28H12O2/c29-21-11-10-17-16-7-3-9-19-24(16)27-23-15(6-2-8-18(23)28(19)30)14-5-1-4-13-12-20(21)25(17)26(27)22(13)14/h1-12H. The van der Waals surface area contributed by atoms with Crippen LogP contribution in [0.4, 0.5) is 0 Å². The predicted molar refractivity (Wildman–Crippen MR) is 126 cm³/mol. The van der Waals surface area contributed by atoms with Crippen LogP contribution in [0.5, 0.6) is 0 Å². The molecule has 8 aromatic rings. The van der Waals surface area contributed by atoms with E-state index in [1.165, 1.54) is 5.39 Å². The molecule has 0 saturated carbocycles. The Morgan fingerprint density at radius 2 is 0.900 bits per heavy atom. The van der Waals surface area contributed by atoms with E-state index in [4.69, 9.17) is 0 Å². The molecule has 0 aliphatic rings. The van der Waals surface area contributed by atoms with Crippen molar-refractivity contribution in [1.82, 2.24) is 0 Å².